The molecular weight excluding hydrogens is 276 g/mol. The third-order valence-corrected chi connectivity index (χ3v) is 4.09. The van der Waals surface area contributed by atoms with Crippen LogP contribution in [-0.4, -0.2) is 48.6 Å². The van der Waals surface area contributed by atoms with Gasteiger partial charge < -0.3 is 19.7 Å². The molecule has 0 bridgehead atoms. The van der Waals surface area contributed by atoms with E-state index in [1.165, 1.54) is 5.69 Å². The molecule has 1 aliphatic rings. The number of rotatable bonds is 3. The maximum absolute atomic E-state index is 12.1. The number of nitrogens with zero attached hydrogens (tertiary/aromatic N) is 3. The number of hydrogen-bond acceptors (Lipinski definition) is 3. The van der Waals surface area contributed by atoms with Crippen molar-refractivity contribution in [1.29, 1.82) is 0 Å². The molecule has 0 spiro atoms. The Balaban J connectivity index is 1.63. The molecule has 1 fully saturated rings. The van der Waals surface area contributed by atoms with Crippen LogP contribution in [0.5, 0.6) is 0 Å². The highest BCUT2D eigenvalue weighted by Gasteiger charge is 2.14. The standard InChI is InChI=1S/C17H22N4O/c1-19-9-11-21(12-10-19)16-5-3-15(4-6-16)18-17(22)14-7-8-20(2)13-14/h3-8,13H,9-12H2,1-2H3,(H,18,22). The molecule has 1 aromatic heterocycles. The molecule has 0 radical (unpaired) electrons. The average Bonchev–Trinajstić information content (AvgIpc) is 2.96. The predicted molar refractivity (Wildman–Crippen MR) is 89.5 cm³/mol. The summed E-state index contributed by atoms with van der Waals surface area (Å²) in [5.74, 6) is -0.0760. The van der Waals surface area contributed by atoms with E-state index in [0.717, 1.165) is 31.9 Å². The Morgan fingerprint density at radius 1 is 1.00 bits per heavy atom. The van der Waals surface area contributed by atoms with Crippen LogP contribution in [0.2, 0.25) is 0 Å². The van der Waals surface area contributed by atoms with E-state index in [4.69, 9.17) is 0 Å². The first-order chi connectivity index (χ1) is 10.6. The third kappa shape index (κ3) is 3.31. The fraction of sp³-hybridized carbons (Fsp3) is 0.353. The van der Waals surface area contributed by atoms with E-state index in [1.807, 2.05) is 42.2 Å². The smallest absolute Gasteiger partial charge is 0.257 e. The molecule has 0 saturated carbocycles. The van der Waals surface area contributed by atoms with Gasteiger partial charge in [0, 0.05) is 57.0 Å². The molecule has 0 aliphatic carbocycles. The summed E-state index contributed by atoms with van der Waals surface area (Å²) in [6.45, 7) is 4.28. The number of benzene rings is 1. The van der Waals surface area contributed by atoms with Crippen LogP contribution in [0.15, 0.2) is 42.7 Å². The van der Waals surface area contributed by atoms with E-state index in [9.17, 15) is 4.79 Å². The second kappa shape index (κ2) is 6.23. The van der Waals surface area contributed by atoms with E-state index in [1.54, 1.807) is 0 Å². The van der Waals surface area contributed by atoms with Crippen LogP contribution in [-0.2, 0) is 7.05 Å². The van der Waals surface area contributed by atoms with Gasteiger partial charge in [-0.25, -0.2) is 0 Å². The van der Waals surface area contributed by atoms with Crippen LogP contribution in [0.1, 0.15) is 10.4 Å². The van der Waals surface area contributed by atoms with Crippen LogP contribution >= 0.6 is 0 Å². The predicted octanol–water partition coefficient (Wildman–Crippen LogP) is 2.03. The van der Waals surface area contributed by atoms with Gasteiger partial charge in [-0.2, -0.15) is 0 Å². The number of piperazine rings is 1. The van der Waals surface area contributed by atoms with E-state index >= 15 is 0 Å². The molecule has 1 N–H and O–H groups in total. The van der Waals surface area contributed by atoms with Crippen molar-refractivity contribution in [3.05, 3.63) is 48.3 Å². The Bertz CT molecular complexity index is 639. The van der Waals surface area contributed by atoms with E-state index < -0.39 is 0 Å². The molecule has 5 heteroatoms. The molecule has 2 heterocycles. The number of aryl methyl sites for hydroxylation is 1. The zero-order chi connectivity index (χ0) is 15.5. The lowest BCUT2D eigenvalue weighted by molar-refractivity contribution is 0.102. The number of likely N-dealkylation sites (N-methyl/N-ethyl adjacent to an activating group) is 1. The molecule has 2 aromatic rings. The van der Waals surface area contributed by atoms with Crippen molar-refractivity contribution in [1.82, 2.24) is 9.47 Å². The van der Waals surface area contributed by atoms with Crippen molar-refractivity contribution in [3.63, 3.8) is 0 Å². The van der Waals surface area contributed by atoms with E-state index in [-0.39, 0.29) is 5.91 Å². The van der Waals surface area contributed by atoms with Gasteiger partial charge in [-0.3, -0.25) is 4.79 Å². The first-order valence-electron chi connectivity index (χ1n) is 7.59. The van der Waals surface area contributed by atoms with E-state index in [2.05, 4.69) is 34.3 Å². The number of hydrogen-bond donors (Lipinski definition) is 1. The van der Waals surface area contributed by atoms with Gasteiger partial charge in [-0.15, -0.1) is 0 Å². The minimum atomic E-state index is -0.0760. The van der Waals surface area contributed by atoms with Gasteiger partial charge in [-0.05, 0) is 37.4 Å². The minimum absolute atomic E-state index is 0.0760. The maximum Gasteiger partial charge on any atom is 0.257 e. The number of amides is 1. The number of carbonyl (C=O) groups excluding carboxylic acids is 1. The second-order valence-electron chi connectivity index (χ2n) is 5.86. The summed E-state index contributed by atoms with van der Waals surface area (Å²) in [5.41, 5.74) is 2.71. The number of aromatic nitrogens is 1. The summed E-state index contributed by atoms with van der Waals surface area (Å²) in [5, 5.41) is 2.93. The highest BCUT2D eigenvalue weighted by molar-refractivity contribution is 6.04. The highest BCUT2D eigenvalue weighted by Crippen LogP contribution is 2.19. The lowest BCUT2D eigenvalue weighted by atomic mass is 10.2. The Hall–Kier alpha value is -2.27. The SMILES string of the molecule is CN1CCN(c2ccc(NC(=O)c3ccn(C)c3)cc2)CC1. The Morgan fingerprint density at radius 3 is 2.27 bits per heavy atom. The van der Waals surface area contributed by atoms with Gasteiger partial charge in [0.2, 0.25) is 0 Å². The van der Waals surface area contributed by atoms with Crippen molar-refractivity contribution < 1.29 is 4.79 Å². The van der Waals surface area contributed by atoms with Gasteiger partial charge in [0.25, 0.3) is 5.91 Å². The van der Waals surface area contributed by atoms with Gasteiger partial charge >= 0.3 is 0 Å². The van der Waals surface area contributed by atoms with Gasteiger partial charge in [-0.1, -0.05) is 0 Å². The fourth-order valence-corrected chi connectivity index (χ4v) is 2.66. The maximum atomic E-state index is 12.1. The summed E-state index contributed by atoms with van der Waals surface area (Å²) < 4.78 is 1.87. The number of nitrogens with one attached hydrogen (secondary N) is 1. The highest BCUT2D eigenvalue weighted by atomic mass is 16.1. The molecule has 116 valence electrons. The van der Waals surface area contributed by atoms with Crippen LogP contribution in [0.3, 0.4) is 0 Å². The van der Waals surface area contributed by atoms with Gasteiger partial charge in [0.05, 0.1) is 5.56 Å². The van der Waals surface area contributed by atoms with Crippen molar-refractivity contribution in [2.45, 2.75) is 0 Å². The second-order valence-corrected chi connectivity index (χ2v) is 5.86. The molecule has 22 heavy (non-hydrogen) atoms. The van der Waals surface area contributed by atoms with Gasteiger partial charge in [0.1, 0.15) is 0 Å². The zero-order valence-corrected chi connectivity index (χ0v) is 13.1. The van der Waals surface area contributed by atoms with Crippen molar-refractivity contribution in [3.8, 4) is 0 Å². The molecule has 3 rings (SSSR count). The average molecular weight is 298 g/mol. The fourth-order valence-electron chi connectivity index (χ4n) is 2.66. The molecule has 1 amide bonds. The van der Waals surface area contributed by atoms with Crippen molar-refractivity contribution >= 4 is 17.3 Å². The Kier molecular flexibility index (Phi) is 4.15. The first kappa shape index (κ1) is 14.7. The van der Waals surface area contributed by atoms with E-state index in [0.29, 0.717) is 5.56 Å². The zero-order valence-electron chi connectivity index (χ0n) is 13.1. The molecule has 5 nitrogen and oxygen atoms in total. The molecule has 1 saturated heterocycles. The van der Waals surface area contributed by atoms with Crippen LogP contribution < -0.4 is 10.2 Å². The largest absolute Gasteiger partial charge is 0.369 e. The summed E-state index contributed by atoms with van der Waals surface area (Å²) in [4.78, 5) is 16.8. The number of carbonyl (C=O) groups is 1. The summed E-state index contributed by atoms with van der Waals surface area (Å²) in [6.07, 6.45) is 3.68. The van der Waals surface area contributed by atoms with Crippen LogP contribution in [0, 0.1) is 0 Å². The van der Waals surface area contributed by atoms with Gasteiger partial charge in [0.15, 0.2) is 0 Å². The summed E-state index contributed by atoms with van der Waals surface area (Å²) in [7, 11) is 4.06. The van der Waals surface area contributed by atoms with Crippen molar-refractivity contribution in [2.24, 2.45) is 7.05 Å². The molecule has 0 unspecified atom stereocenters. The topological polar surface area (TPSA) is 40.5 Å². The third-order valence-electron chi connectivity index (χ3n) is 4.09. The molecule has 0 atom stereocenters. The summed E-state index contributed by atoms with van der Waals surface area (Å²) >= 11 is 0. The van der Waals surface area contributed by atoms with Crippen LogP contribution in [0.4, 0.5) is 11.4 Å². The van der Waals surface area contributed by atoms with Crippen molar-refractivity contribution in [2.75, 3.05) is 43.4 Å². The molecule has 1 aromatic carbocycles. The van der Waals surface area contributed by atoms with Crippen LogP contribution in [0.25, 0.3) is 0 Å². The first-order valence-corrected chi connectivity index (χ1v) is 7.59. The molecular formula is C17H22N4O. The lowest BCUT2D eigenvalue weighted by Crippen LogP contribution is -2.44. The minimum Gasteiger partial charge on any atom is -0.369 e. The summed E-state index contributed by atoms with van der Waals surface area (Å²) in [6, 6.07) is 9.90. The Morgan fingerprint density at radius 2 is 1.68 bits per heavy atom. The normalized spacial score (nSPS) is 15.8. The quantitative estimate of drug-likeness (QED) is 0.942. The molecule has 1 aliphatic heterocycles. The number of anilines is 2. The monoisotopic (exact) mass is 298 g/mol. The Labute approximate surface area is 131 Å². The lowest BCUT2D eigenvalue weighted by Gasteiger charge is -2.34.